The zero-order valence-corrected chi connectivity index (χ0v) is 21.8. The Balaban J connectivity index is 1.10. The average Bonchev–Trinajstić information content (AvgIpc) is 3.56. The summed E-state index contributed by atoms with van der Waals surface area (Å²) in [6.07, 6.45) is 13.1. The molecule has 5 aromatic rings. The van der Waals surface area contributed by atoms with Gasteiger partial charge in [0.05, 0.1) is 22.8 Å². The van der Waals surface area contributed by atoms with Crippen LogP contribution in [0.2, 0.25) is 0 Å². The number of fused-ring (bicyclic) bond motifs is 3. The van der Waals surface area contributed by atoms with Gasteiger partial charge < -0.3 is 20.6 Å². The maximum absolute atomic E-state index is 4.98. The molecule has 7 rings (SSSR count). The number of nitrogens with one attached hydrogen (secondary N) is 4. The molecular formula is C32H36N6. The summed E-state index contributed by atoms with van der Waals surface area (Å²) in [7, 11) is 0. The lowest BCUT2D eigenvalue weighted by molar-refractivity contribution is 0.170. The van der Waals surface area contributed by atoms with Crippen LogP contribution in [0.5, 0.6) is 0 Å². The van der Waals surface area contributed by atoms with Gasteiger partial charge in [-0.2, -0.15) is 0 Å². The van der Waals surface area contributed by atoms with Gasteiger partial charge in [-0.25, -0.2) is 4.98 Å². The maximum Gasteiger partial charge on any atom is 0.109 e. The van der Waals surface area contributed by atoms with Gasteiger partial charge in [0.2, 0.25) is 0 Å². The van der Waals surface area contributed by atoms with Crippen molar-refractivity contribution in [3.05, 3.63) is 95.7 Å². The summed E-state index contributed by atoms with van der Waals surface area (Å²) in [5.41, 5.74) is 7.40. The van der Waals surface area contributed by atoms with E-state index in [2.05, 4.69) is 87.5 Å². The number of imidazole rings is 1. The van der Waals surface area contributed by atoms with Crippen LogP contribution in [0.15, 0.2) is 73.1 Å². The number of nitrogens with zero attached hydrogens (tertiary/aromatic N) is 2. The number of aryl methyl sites for hydroxylation is 1. The maximum atomic E-state index is 4.98. The summed E-state index contributed by atoms with van der Waals surface area (Å²) in [6, 6.07) is 22.1. The Morgan fingerprint density at radius 3 is 2.66 bits per heavy atom. The van der Waals surface area contributed by atoms with E-state index in [4.69, 9.17) is 9.97 Å². The summed E-state index contributed by atoms with van der Waals surface area (Å²) in [4.78, 5) is 16.8. The van der Waals surface area contributed by atoms with Crippen molar-refractivity contribution in [2.75, 3.05) is 0 Å². The molecule has 3 aromatic heterocycles. The van der Waals surface area contributed by atoms with E-state index >= 15 is 0 Å². The van der Waals surface area contributed by atoms with E-state index in [1.54, 1.807) is 0 Å². The minimum absolute atomic E-state index is 0.00361. The van der Waals surface area contributed by atoms with Gasteiger partial charge in [-0.05, 0) is 80.3 Å². The first-order valence-electron chi connectivity index (χ1n) is 14.2. The Kier molecular flexibility index (Phi) is 6.22. The predicted octanol–water partition coefficient (Wildman–Crippen LogP) is 6.12. The lowest BCUT2D eigenvalue weighted by Crippen LogP contribution is -2.54. The molecule has 4 N–H and O–H groups in total. The van der Waals surface area contributed by atoms with Crippen molar-refractivity contribution in [3.63, 3.8) is 0 Å². The fourth-order valence-electron chi connectivity index (χ4n) is 6.81. The van der Waals surface area contributed by atoms with Crippen LogP contribution in [-0.2, 0) is 19.4 Å². The Morgan fingerprint density at radius 1 is 0.921 bits per heavy atom. The number of hydrogen-bond donors (Lipinski definition) is 4. The zero-order chi connectivity index (χ0) is 25.4. The fraction of sp³-hybridized carbons (Fsp3) is 0.375. The Labute approximate surface area is 223 Å². The van der Waals surface area contributed by atoms with E-state index < -0.39 is 0 Å². The number of aromatic amines is 2. The molecule has 0 bridgehead atoms. The normalized spacial score (nSPS) is 23.6. The lowest BCUT2D eigenvalue weighted by Gasteiger charge is -2.44. The molecule has 6 heteroatoms. The number of hydrogen-bond acceptors (Lipinski definition) is 4. The van der Waals surface area contributed by atoms with Crippen LogP contribution < -0.4 is 10.6 Å². The highest BCUT2D eigenvalue weighted by Gasteiger charge is 2.39. The number of rotatable bonds is 7. The van der Waals surface area contributed by atoms with Crippen molar-refractivity contribution in [1.29, 1.82) is 0 Å². The molecule has 0 aliphatic heterocycles. The van der Waals surface area contributed by atoms with Crippen molar-refractivity contribution in [1.82, 2.24) is 30.6 Å². The SMILES string of the molecule is c1cnc2c(c1)CCCC2N[C@]1(Cc2nc3ccccc3[nH]2)CC[C@@H](NCc2c[nH]c3ccccc23)CC1. The number of aromatic nitrogens is 4. The smallest absolute Gasteiger partial charge is 0.109 e. The van der Waals surface area contributed by atoms with Crippen LogP contribution in [0.1, 0.15) is 67.2 Å². The van der Waals surface area contributed by atoms with Crippen molar-refractivity contribution in [2.45, 2.75) is 75.5 Å². The van der Waals surface area contributed by atoms with Gasteiger partial charge in [0, 0.05) is 47.8 Å². The van der Waals surface area contributed by atoms with Crippen LogP contribution in [0.25, 0.3) is 21.9 Å². The number of H-pyrrole nitrogens is 2. The zero-order valence-electron chi connectivity index (χ0n) is 21.8. The van der Waals surface area contributed by atoms with Crippen molar-refractivity contribution < 1.29 is 0 Å². The van der Waals surface area contributed by atoms with Crippen LogP contribution in [0.4, 0.5) is 0 Å². The third kappa shape index (κ3) is 4.63. The molecule has 0 radical (unpaired) electrons. The molecule has 1 fully saturated rings. The van der Waals surface area contributed by atoms with Crippen LogP contribution in [-0.4, -0.2) is 31.5 Å². The van der Waals surface area contributed by atoms with Gasteiger partial charge in [0.15, 0.2) is 0 Å². The Hall–Kier alpha value is -3.48. The molecular weight excluding hydrogens is 468 g/mol. The molecule has 0 saturated heterocycles. The second kappa shape index (κ2) is 10.0. The quantitative estimate of drug-likeness (QED) is 0.215. The predicted molar refractivity (Wildman–Crippen MR) is 153 cm³/mol. The first-order valence-corrected chi connectivity index (χ1v) is 14.2. The van der Waals surface area contributed by atoms with E-state index in [9.17, 15) is 0 Å². The fourth-order valence-corrected chi connectivity index (χ4v) is 6.81. The summed E-state index contributed by atoms with van der Waals surface area (Å²) < 4.78 is 0. The molecule has 6 nitrogen and oxygen atoms in total. The summed E-state index contributed by atoms with van der Waals surface area (Å²) >= 11 is 0. The topological polar surface area (TPSA) is 81.4 Å². The Bertz CT molecular complexity index is 1510. The third-order valence-corrected chi connectivity index (χ3v) is 8.82. The summed E-state index contributed by atoms with van der Waals surface area (Å²) in [5, 5.41) is 9.37. The molecule has 1 unspecified atom stereocenters. The number of para-hydroxylation sites is 3. The highest BCUT2D eigenvalue weighted by molar-refractivity contribution is 5.83. The van der Waals surface area contributed by atoms with Crippen molar-refractivity contribution in [2.24, 2.45) is 0 Å². The van der Waals surface area contributed by atoms with Crippen LogP contribution in [0.3, 0.4) is 0 Å². The average molecular weight is 505 g/mol. The monoisotopic (exact) mass is 504 g/mol. The minimum atomic E-state index is 0.00361. The highest BCUT2D eigenvalue weighted by atomic mass is 15.1. The van der Waals surface area contributed by atoms with E-state index in [-0.39, 0.29) is 5.54 Å². The minimum Gasteiger partial charge on any atom is -0.361 e. The molecule has 1 atom stereocenters. The van der Waals surface area contributed by atoms with E-state index in [0.717, 1.165) is 68.3 Å². The van der Waals surface area contributed by atoms with Gasteiger partial charge in [0.1, 0.15) is 5.82 Å². The van der Waals surface area contributed by atoms with Crippen molar-refractivity contribution >= 4 is 21.9 Å². The summed E-state index contributed by atoms with van der Waals surface area (Å²) in [5.74, 6) is 1.08. The molecule has 2 aliphatic rings. The standard InChI is InChI=1S/C32H36N6/c1-2-10-26-25(9-1)23(21-35-26)20-34-24-14-16-32(17-15-24,19-30-36-27-11-3-4-12-28(27)37-30)38-29-13-5-7-22-8-6-18-33-31(22)29/h1-4,6,8-12,18,21,24,29,34-35,38H,5,7,13-17,19-20H2,(H,36,37)/t24-,29?,32-. The summed E-state index contributed by atoms with van der Waals surface area (Å²) in [6.45, 7) is 0.901. The molecule has 2 aromatic carbocycles. The van der Waals surface area contributed by atoms with Gasteiger partial charge in [-0.1, -0.05) is 36.4 Å². The molecule has 194 valence electrons. The number of pyridine rings is 1. The first-order chi connectivity index (χ1) is 18.7. The molecule has 1 saturated carbocycles. The highest BCUT2D eigenvalue weighted by Crippen LogP contribution is 2.37. The van der Waals surface area contributed by atoms with Gasteiger partial charge in [-0.15, -0.1) is 0 Å². The molecule has 3 heterocycles. The van der Waals surface area contributed by atoms with Gasteiger partial charge in [-0.3, -0.25) is 4.98 Å². The molecule has 2 aliphatic carbocycles. The van der Waals surface area contributed by atoms with E-state index in [0.29, 0.717) is 12.1 Å². The van der Waals surface area contributed by atoms with Crippen molar-refractivity contribution in [3.8, 4) is 0 Å². The lowest BCUT2D eigenvalue weighted by atomic mass is 9.75. The molecule has 0 amide bonds. The molecule has 38 heavy (non-hydrogen) atoms. The van der Waals surface area contributed by atoms with E-state index in [1.165, 1.54) is 34.1 Å². The Morgan fingerprint density at radius 2 is 1.76 bits per heavy atom. The van der Waals surface area contributed by atoms with Gasteiger partial charge >= 0.3 is 0 Å². The second-order valence-corrected chi connectivity index (χ2v) is 11.3. The third-order valence-electron chi connectivity index (χ3n) is 8.82. The largest absolute Gasteiger partial charge is 0.361 e. The molecule has 0 spiro atoms. The van der Waals surface area contributed by atoms with E-state index in [1.807, 2.05) is 6.20 Å². The van der Waals surface area contributed by atoms with Crippen LogP contribution in [0, 0.1) is 0 Å². The second-order valence-electron chi connectivity index (χ2n) is 11.3. The van der Waals surface area contributed by atoms with Gasteiger partial charge in [0.25, 0.3) is 0 Å². The van der Waals surface area contributed by atoms with Crippen LogP contribution >= 0.6 is 0 Å². The first kappa shape index (κ1) is 23.6. The number of benzene rings is 2.